The Balaban J connectivity index is 0.931. The highest BCUT2D eigenvalue weighted by molar-refractivity contribution is 5.90. The van der Waals surface area contributed by atoms with Crippen LogP contribution in [-0.2, 0) is 59.2 Å². The molecule has 2 amide bonds. The number of nitrogens with one attached hydrogen (secondary N) is 2. The van der Waals surface area contributed by atoms with Crippen molar-refractivity contribution in [1.82, 2.24) is 40.6 Å². The minimum Gasteiger partial charge on any atom is -0.492 e. The summed E-state index contributed by atoms with van der Waals surface area (Å²) < 4.78 is 41.2. The third-order valence-corrected chi connectivity index (χ3v) is 10.4. The van der Waals surface area contributed by atoms with Crippen molar-refractivity contribution in [2.75, 3.05) is 59.8 Å². The van der Waals surface area contributed by atoms with Gasteiger partial charge in [-0.3, -0.25) is 19.0 Å². The number of aliphatic hydroxyl groups excluding tert-OH is 8. The summed E-state index contributed by atoms with van der Waals surface area (Å²) in [5.41, 5.74) is 1.34. The fourth-order valence-corrected chi connectivity index (χ4v) is 6.74. The molecule has 368 valence electrons. The van der Waals surface area contributed by atoms with Crippen molar-refractivity contribution in [2.45, 2.75) is 113 Å². The lowest BCUT2D eigenvalue weighted by atomic mass is 9.99. The van der Waals surface area contributed by atoms with E-state index in [4.69, 9.17) is 33.2 Å². The number of esters is 1. The normalized spacial score (nSPS) is 25.3. The predicted molar refractivity (Wildman–Crippen MR) is 220 cm³/mol. The first-order valence-electron chi connectivity index (χ1n) is 21.4. The quantitative estimate of drug-likeness (QED) is 0.0254. The van der Waals surface area contributed by atoms with Gasteiger partial charge in [-0.25, -0.2) is 4.79 Å². The summed E-state index contributed by atoms with van der Waals surface area (Å²) >= 11 is 0. The van der Waals surface area contributed by atoms with E-state index in [0.717, 1.165) is 0 Å². The van der Waals surface area contributed by atoms with Crippen LogP contribution in [0.25, 0.3) is 0 Å². The van der Waals surface area contributed by atoms with Crippen molar-refractivity contribution >= 4 is 17.8 Å². The number of hydrogen-bond acceptors (Lipinski definition) is 22. The standard InChI is InChI=1S/C40H60N8O18/c1-60-38(59)23-16-26(61-14-8-41-30(51)6-4-24-19-47(45-43-24)10-2-12-63-39-36(57)34(55)32(53)28(21-49)65-39)18-27(17-23)62-15-9-42-31(52)7-5-25-20-48(46-44-25)11-3-13-64-40-37(58)35(56)33(54)29(22-50)66-40/h16-20,28-29,32-37,39-40,49-50,53-58H,2-15,21-22H2,1H3,(H,41,51)(H,42,52)/t28-,29-,32+,33+,34+,35+,36-,37-,39-,40-/m1/s1. The van der Waals surface area contributed by atoms with E-state index >= 15 is 0 Å². The zero-order valence-electron chi connectivity index (χ0n) is 36.3. The second kappa shape index (κ2) is 26.4. The molecular formula is C40H60N8O18. The first-order valence-corrected chi connectivity index (χ1v) is 21.4. The van der Waals surface area contributed by atoms with Crippen LogP contribution in [0.1, 0.15) is 47.4 Å². The molecule has 4 heterocycles. The largest absolute Gasteiger partial charge is 0.492 e. The molecule has 66 heavy (non-hydrogen) atoms. The molecule has 0 spiro atoms. The topological polar surface area (TPSA) is 363 Å². The molecule has 10 atom stereocenters. The Morgan fingerprint density at radius 3 is 1.48 bits per heavy atom. The van der Waals surface area contributed by atoms with Gasteiger partial charge in [-0.2, -0.15) is 0 Å². The van der Waals surface area contributed by atoms with Crippen LogP contribution >= 0.6 is 0 Å². The van der Waals surface area contributed by atoms with E-state index < -0.39 is 80.6 Å². The van der Waals surface area contributed by atoms with Crippen molar-refractivity contribution in [3.63, 3.8) is 0 Å². The van der Waals surface area contributed by atoms with Gasteiger partial charge in [-0.1, -0.05) is 10.4 Å². The van der Waals surface area contributed by atoms with E-state index in [1.807, 2.05) is 0 Å². The monoisotopic (exact) mass is 940 g/mol. The van der Waals surface area contributed by atoms with Crippen LogP contribution in [0.15, 0.2) is 30.6 Å². The van der Waals surface area contributed by atoms with Gasteiger partial charge in [0, 0.05) is 57.2 Å². The Bertz CT molecular complexity index is 1830. The summed E-state index contributed by atoms with van der Waals surface area (Å²) in [5, 5.41) is 100. The van der Waals surface area contributed by atoms with E-state index in [9.17, 15) is 55.2 Å². The lowest BCUT2D eigenvalue weighted by Crippen LogP contribution is -2.59. The molecular weight excluding hydrogens is 880 g/mol. The summed E-state index contributed by atoms with van der Waals surface area (Å²) in [7, 11) is 1.24. The first kappa shape index (κ1) is 52.0. The molecule has 2 saturated heterocycles. The van der Waals surface area contributed by atoms with Crippen molar-refractivity contribution in [2.24, 2.45) is 0 Å². The van der Waals surface area contributed by atoms with Crippen molar-refractivity contribution in [1.29, 1.82) is 0 Å². The molecule has 10 N–H and O–H groups in total. The number of carbonyl (C=O) groups is 3. The van der Waals surface area contributed by atoms with Crippen LogP contribution in [0, 0.1) is 0 Å². The smallest absolute Gasteiger partial charge is 0.338 e. The molecule has 2 fully saturated rings. The third-order valence-electron chi connectivity index (χ3n) is 10.4. The molecule has 26 heteroatoms. The summed E-state index contributed by atoms with van der Waals surface area (Å²) in [5.74, 6) is -0.550. The molecule has 2 aromatic heterocycles. The van der Waals surface area contributed by atoms with Crippen LogP contribution in [0.2, 0.25) is 0 Å². The molecule has 26 nitrogen and oxygen atoms in total. The van der Waals surface area contributed by atoms with Crippen LogP contribution in [0.4, 0.5) is 0 Å². The zero-order valence-corrected chi connectivity index (χ0v) is 36.3. The third kappa shape index (κ3) is 15.6. The molecule has 2 aliphatic rings. The molecule has 0 unspecified atom stereocenters. The number of methoxy groups -OCH3 is 1. The molecule has 0 radical (unpaired) electrons. The molecule has 0 aliphatic carbocycles. The molecule has 0 bridgehead atoms. The maximum atomic E-state index is 12.5. The van der Waals surface area contributed by atoms with Gasteiger partial charge in [-0.15, -0.1) is 10.2 Å². The summed E-state index contributed by atoms with van der Waals surface area (Å²) in [4.78, 5) is 37.4. The SMILES string of the molecule is COC(=O)c1cc(OCCNC(=O)CCc2cn(CCCO[C@@H]3O[C@H](CO)[C@H](O)[C@H](O)[C@H]3O)nn2)cc(OCCNC(=O)CCc2cn(CCCO[C@@H]3O[C@H](CO)[C@H](O)[C@H](O)[C@H]3O)nn2)c1. The van der Waals surface area contributed by atoms with Crippen molar-refractivity contribution < 1.29 is 88.4 Å². The van der Waals surface area contributed by atoms with Gasteiger partial charge in [-0.05, 0) is 25.0 Å². The number of rotatable bonds is 27. The van der Waals surface area contributed by atoms with E-state index in [1.54, 1.807) is 27.8 Å². The van der Waals surface area contributed by atoms with Crippen LogP contribution in [-0.4, -0.2) is 210 Å². The average Bonchev–Trinajstić information content (AvgIpc) is 3.99. The second-order valence-electron chi connectivity index (χ2n) is 15.4. The van der Waals surface area contributed by atoms with Gasteiger partial charge in [0.25, 0.3) is 0 Å². The molecule has 2 aliphatic heterocycles. The Morgan fingerprint density at radius 1 is 0.636 bits per heavy atom. The lowest BCUT2D eigenvalue weighted by molar-refractivity contribution is -0.301. The predicted octanol–water partition coefficient (Wildman–Crippen LogP) is -4.67. The maximum Gasteiger partial charge on any atom is 0.338 e. The number of amides is 2. The number of benzene rings is 1. The molecule has 0 saturated carbocycles. The number of nitrogens with zero attached hydrogens (tertiary/aromatic N) is 6. The van der Waals surface area contributed by atoms with Crippen LogP contribution < -0.4 is 20.1 Å². The van der Waals surface area contributed by atoms with Crippen LogP contribution in [0.3, 0.4) is 0 Å². The number of hydrogen-bond donors (Lipinski definition) is 10. The van der Waals surface area contributed by atoms with E-state index in [0.29, 0.717) is 50.2 Å². The molecule has 1 aromatic carbocycles. The highest BCUT2D eigenvalue weighted by Crippen LogP contribution is 2.25. The highest BCUT2D eigenvalue weighted by atomic mass is 16.7. The Hall–Kier alpha value is -4.97. The summed E-state index contributed by atoms with van der Waals surface area (Å²) in [6, 6.07) is 4.51. The van der Waals surface area contributed by atoms with Gasteiger partial charge in [0.05, 0.1) is 63.6 Å². The van der Waals surface area contributed by atoms with E-state index in [-0.39, 0.29) is 81.2 Å². The number of ether oxygens (including phenoxy) is 7. The molecule has 5 rings (SSSR count). The van der Waals surface area contributed by atoms with Crippen molar-refractivity contribution in [3.05, 3.63) is 47.5 Å². The van der Waals surface area contributed by atoms with Crippen molar-refractivity contribution in [3.8, 4) is 11.5 Å². The lowest BCUT2D eigenvalue weighted by Gasteiger charge is -2.39. The zero-order chi connectivity index (χ0) is 47.6. The van der Waals surface area contributed by atoms with Gasteiger partial charge in [0.1, 0.15) is 73.5 Å². The number of aromatic nitrogens is 6. The number of aliphatic hydroxyl groups is 8. The first-order chi connectivity index (χ1) is 31.8. The highest BCUT2D eigenvalue weighted by Gasteiger charge is 2.45. The number of carbonyl (C=O) groups excluding carboxylic acids is 3. The Morgan fingerprint density at radius 2 is 1.08 bits per heavy atom. The fourth-order valence-electron chi connectivity index (χ4n) is 6.74. The van der Waals surface area contributed by atoms with E-state index in [1.165, 1.54) is 19.2 Å². The Kier molecular flexibility index (Phi) is 20.8. The van der Waals surface area contributed by atoms with Crippen LogP contribution in [0.5, 0.6) is 11.5 Å². The van der Waals surface area contributed by atoms with Gasteiger partial charge in [0.15, 0.2) is 12.6 Å². The average molecular weight is 941 g/mol. The minimum atomic E-state index is -1.53. The summed E-state index contributed by atoms with van der Waals surface area (Å²) in [6.45, 7) is 0.374. The van der Waals surface area contributed by atoms with E-state index in [2.05, 4.69) is 31.3 Å². The van der Waals surface area contributed by atoms with Gasteiger partial charge < -0.3 is 84.6 Å². The van der Waals surface area contributed by atoms with Gasteiger partial charge >= 0.3 is 5.97 Å². The van der Waals surface area contributed by atoms with Gasteiger partial charge in [0.2, 0.25) is 11.8 Å². The fraction of sp³-hybridized carbons (Fsp3) is 0.675. The number of aryl methyl sites for hydroxylation is 4. The second-order valence-corrected chi connectivity index (χ2v) is 15.4. The molecule has 3 aromatic rings. The minimum absolute atomic E-state index is 0.0704. The summed E-state index contributed by atoms with van der Waals surface area (Å²) in [6.07, 6.45) is -8.38. The Labute approximate surface area is 378 Å². The maximum absolute atomic E-state index is 12.5.